The smallest absolute Gasteiger partial charge is 0.475 e. The standard InChI is InChI=1S/C15H12N4O.C12H10N4.C7H7BN2O2.C5H5ClN2.C4H4O3/c1-2-14(20)19-13-5-3-4-12(18-13)11-8-10-6-7-16-15(10)17-9-11;13-11-3-1-2-10(16-11)9-6-8-4-5-14-12(8)15-7-9;11-8(12)6-3-5-1-2-9-7(5)10-4-6;6-4-2-1-3-5(7)8-4;1-2-3(5)4(6)7/h2-9H,1H2,(H,16,17)(H,18,19,20);1-7H,(H2,13,16)(H,14,15);1-4,11-12H,(H,9,10);1-3H,(H2,7,8);2H,1H2,(H,6,7). The number of nitrogens with one attached hydrogen (secondary N) is 4. The Morgan fingerprint density at radius 2 is 1.14 bits per heavy atom. The lowest BCUT2D eigenvalue weighted by Crippen LogP contribution is -2.29. The number of anilines is 3. The first-order valence-electron chi connectivity index (χ1n) is 18.4. The van der Waals surface area contributed by atoms with Gasteiger partial charge in [-0.2, -0.15) is 0 Å². The van der Waals surface area contributed by atoms with Crippen molar-refractivity contribution in [1.29, 1.82) is 0 Å². The number of aromatic nitrogens is 9. The lowest BCUT2D eigenvalue weighted by molar-refractivity contribution is -0.146. The van der Waals surface area contributed by atoms with E-state index in [0.717, 1.165) is 61.7 Å². The second-order valence-electron chi connectivity index (χ2n) is 12.6. The summed E-state index contributed by atoms with van der Waals surface area (Å²) in [6.45, 7) is 6.36. The third kappa shape index (κ3) is 13.5. The molecular formula is C43H38BClN12O6. The Kier molecular flexibility index (Phi) is 16.0. The topological polar surface area (TPSA) is 301 Å². The highest BCUT2D eigenvalue weighted by Gasteiger charge is 2.12. The molecule has 1 amide bonds. The Morgan fingerprint density at radius 3 is 1.59 bits per heavy atom. The Labute approximate surface area is 363 Å². The van der Waals surface area contributed by atoms with Crippen LogP contribution in [0.2, 0.25) is 5.15 Å². The number of fused-ring (bicyclic) bond motifs is 3. The minimum atomic E-state index is -1.46. The highest BCUT2D eigenvalue weighted by Crippen LogP contribution is 2.23. The van der Waals surface area contributed by atoms with Gasteiger partial charge in [-0.15, -0.1) is 0 Å². The largest absolute Gasteiger partial charge is 0.490 e. The van der Waals surface area contributed by atoms with Gasteiger partial charge in [-0.3, -0.25) is 9.59 Å². The molecule has 0 spiro atoms. The van der Waals surface area contributed by atoms with Crippen molar-refractivity contribution in [2.45, 2.75) is 0 Å². The molecule has 0 bridgehead atoms. The van der Waals surface area contributed by atoms with Gasteiger partial charge in [-0.25, -0.2) is 34.7 Å². The molecule has 0 saturated carbocycles. The van der Waals surface area contributed by atoms with Crippen molar-refractivity contribution in [2.24, 2.45) is 0 Å². The summed E-state index contributed by atoms with van der Waals surface area (Å²) in [4.78, 5) is 64.6. The zero-order valence-electron chi connectivity index (χ0n) is 33.1. The SMILES string of the molecule is C=CC(=O)C(=O)O.C=CC(=O)Nc1cccc(-c2cnc3[nH]ccc3c2)n1.Nc1cccc(-c2cnc3[nH]ccc3c2)n1.Nc1cccc(Cl)n1.OB(O)c1cnc2[nH]ccc2c1. The van der Waals surface area contributed by atoms with E-state index in [9.17, 15) is 14.4 Å². The summed E-state index contributed by atoms with van der Waals surface area (Å²) >= 11 is 5.45. The number of nitrogen functional groups attached to an aromatic ring is 2. The highest BCUT2D eigenvalue weighted by molar-refractivity contribution is 6.58. The minimum absolute atomic E-state index is 0.283. The number of carbonyl (C=O) groups excluding carboxylic acids is 2. The number of carbonyl (C=O) groups is 3. The van der Waals surface area contributed by atoms with Crippen LogP contribution in [-0.4, -0.2) is 84.8 Å². The van der Waals surface area contributed by atoms with E-state index in [1.165, 1.54) is 12.3 Å². The average Bonchev–Trinajstić information content (AvgIpc) is 4.08. The number of nitrogens with two attached hydrogens (primary N) is 2. The van der Waals surface area contributed by atoms with Crippen molar-refractivity contribution < 1.29 is 29.5 Å². The zero-order valence-corrected chi connectivity index (χ0v) is 33.8. The number of hydrogen-bond donors (Lipinski definition) is 9. The first-order chi connectivity index (χ1) is 30.3. The minimum Gasteiger partial charge on any atom is -0.475 e. The summed E-state index contributed by atoms with van der Waals surface area (Å²) in [7, 11) is -1.45. The Hall–Kier alpha value is -8.52. The van der Waals surface area contributed by atoms with Gasteiger partial charge >= 0.3 is 13.1 Å². The third-order valence-corrected chi connectivity index (χ3v) is 8.41. The summed E-state index contributed by atoms with van der Waals surface area (Å²) in [5.74, 6) is -1.26. The van der Waals surface area contributed by atoms with E-state index < -0.39 is 18.9 Å². The van der Waals surface area contributed by atoms with E-state index in [1.807, 2.05) is 67.0 Å². The summed E-state index contributed by atoms with van der Waals surface area (Å²) < 4.78 is 0. The maximum Gasteiger partial charge on any atom is 0.490 e. The average molecular weight is 865 g/mol. The number of carboxylic acids is 1. The lowest BCUT2D eigenvalue weighted by atomic mass is 9.81. The molecule has 63 heavy (non-hydrogen) atoms. The van der Waals surface area contributed by atoms with Gasteiger partial charge in [0.2, 0.25) is 5.91 Å². The van der Waals surface area contributed by atoms with Gasteiger partial charge in [0, 0.05) is 69.9 Å². The van der Waals surface area contributed by atoms with E-state index in [0.29, 0.717) is 28.1 Å². The maximum atomic E-state index is 11.3. The van der Waals surface area contributed by atoms with Crippen LogP contribution in [0, 0.1) is 0 Å². The van der Waals surface area contributed by atoms with Gasteiger partial charge < -0.3 is 46.9 Å². The van der Waals surface area contributed by atoms with Gasteiger partial charge in [0.25, 0.3) is 5.78 Å². The van der Waals surface area contributed by atoms with Gasteiger partial charge in [-0.1, -0.05) is 43.0 Å². The summed E-state index contributed by atoms with van der Waals surface area (Å²) in [6.07, 6.45) is 12.4. The second-order valence-corrected chi connectivity index (χ2v) is 13.0. The fraction of sp³-hybridized carbons (Fsp3) is 0. The molecule has 0 atom stereocenters. The number of carboxylic acid groups (broad SMARTS) is 1. The predicted octanol–water partition coefficient (Wildman–Crippen LogP) is 5.34. The number of ketones is 1. The number of halogens is 1. The first-order valence-corrected chi connectivity index (χ1v) is 18.8. The molecule has 11 N–H and O–H groups in total. The van der Waals surface area contributed by atoms with Gasteiger partial charge in [0.05, 0.1) is 11.4 Å². The fourth-order valence-electron chi connectivity index (χ4n) is 5.22. The number of aliphatic carboxylic acids is 1. The van der Waals surface area contributed by atoms with Crippen LogP contribution in [0.25, 0.3) is 55.6 Å². The molecule has 20 heteroatoms. The lowest BCUT2D eigenvalue weighted by Gasteiger charge is -2.05. The number of H-pyrrole nitrogens is 3. The molecular weight excluding hydrogens is 827 g/mol. The third-order valence-electron chi connectivity index (χ3n) is 8.20. The highest BCUT2D eigenvalue weighted by atomic mass is 35.5. The Bertz CT molecular complexity index is 2990. The molecule has 0 aliphatic rings. The van der Waals surface area contributed by atoms with Crippen molar-refractivity contribution >= 4 is 92.4 Å². The monoisotopic (exact) mass is 864 g/mol. The van der Waals surface area contributed by atoms with Crippen molar-refractivity contribution in [3.63, 3.8) is 0 Å². The number of hydrogen-bond acceptors (Lipinski definition) is 13. The molecule has 0 aliphatic heterocycles. The van der Waals surface area contributed by atoms with Crippen molar-refractivity contribution in [3.05, 3.63) is 159 Å². The second kappa shape index (κ2) is 22.2. The van der Waals surface area contributed by atoms with Gasteiger partial charge in [-0.05, 0) is 84.9 Å². The van der Waals surface area contributed by atoms with E-state index >= 15 is 0 Å². The number of pyridine rings is 6. The number of aromatic amines is 3. The van der Waals surface area contributed by atoms with Crippen molar-refractivity contribution in [2.75, 3.05) is 16.8 Å². The Balaban J connectivity index is 0.000000157. The summed E-state index contributed by atoms with van der Waals surface area (Å²) in [5.41, 5.74) is 17.3. The van der Waals surface area contributed by atoms with Crippen LogP contribution >= 0.6 is 11.6 Å². The zero-order chi connectivity index (χ0) is 45.3. The predicted molar refractivity (Wildman–Crippen MR) is 244 cm³/mol. The maximum absolute atomic E-state index is 11.3. The van der Waals surface area contributed by atoms with Crippen LogP contribution in [-0.2, 0) is 14.4 Å². The van der Waals surface area contributed by atoms with Crippen molar-refractivity contribution in [3.8, 4) is 22.5 Å². The fourth-order valence-corrected chi connectivity index (χ4v) is 5.39. The van der Waals surface area contributed by atoms with Crippen LogP contribution in [0.3, 0.4) is 0 Å². The van der Waals surface area contributed by atoms with Crippen LogP contribution in [0.1, 0.15) is 0 Å². The molecule has 0 saturated heterocycles. The van der Waals surface area contributed by atoms with Gasteiger partial charge in [0.1, 0.15) is 39.5 Å². The molecule has 0 aliphatic carbocycles. The quantitative estimate of drug-likeness (QED) is 0.0423. The van der Waals surface area contributed by atoms with E-state index in [2.05, 4.69) is 63.3 Å². The molecule has 0 fully saturated rings. The molecule has 18 nitrogen and oxygen atoms in total. The normalized spacial score (nSPS) is 10.0. The Morgan fingerprint density at radius 1 is 0.651 bits per heavy atom. The molecule has 0 aromatic carbocycles. The van der Waals surface area contributed by atoms with Crippen LogP contribution in [0.4, 0.5) is 17.5 Å². The van der Waals surface area contributed by atoms with Gasteiger partial charge in [0.15, 0.2) is 0 Å². The first kappa shape index (κ1) is 45.6. The van der Waals surface area contributed by atoms with Crippen LogP contribution < -0.4 is 22.2 Å². The molecule has 9 aromatic heterocycles. The number of nitrogens with zero attached hydrogens (tertiary/aromatic N) is 6. The molecule has 0 radical (unpaired) electrons. The molecule has 9 heterocycles. The number of amides is 1. The van der Waals surface area contributed by atoms with E-state index in [-0.39, 0.29) is 5.91 Å². The van der Waals surface area contributed by atoms with E-state index in [4.69, 9.17) is 38.2 Å². The van der Waals surface area contributed by atoms with Crippen molar-refractivity contribution in [1.82, 2.24) is 44.9 Å². The molecule has 316 valence electrons. The number of rotatable bonds is 7. The molecule has 9 aromatic rings. The van der Waals surface area contributed by atoms with Crippen LogP contribution in [0.15, 0.2) is 153 Å². The summed E-state index contributed by atoms with van der Waals surface area (Å²) in [5, 5.41) is 31.5. The molecule has 0 unspecified atom stereocenters. The molecule has 9 rings (SSSR count). The van der Waals surface area contributed by atoms with E-state index in [1.54, 1.807) is 55.0 Å². The van der Waals surface area contributed by atoms with Crippen LogP contribution in [0.5, 0.6) is 0 Å². The summed E-state index contributed by atoms with van der Waals surface area (Å²) in [6, 6.07) is 27.6.